The second-order valence-corrected chi connectivity index (χ2v) is 6.02. The lowest BCUT2D eigenvalue weighted by Crippen LogP contribution is -2.39. The summed E-state index contributed by atoms with van der Waals surface area (Å²) in [5, 5.41) is 1.92. The van der Waals surface area contributed by atoms with Crippen molar-refractivity contribution in [3.63, 3.8) is 0 Å². The molecule has 0 radical (unpaired) electrons. The number of alkyl halides is 3. The number of hydrogen-bond acceptors (Lipinski definition) is 3. The van der Waals surface area contributed by atoms with Gasteiger partial charge in [0, 0.05) is 17.0 Å². The van der Waals surface area contributed by atoms with E-state index in [0.29, 0.717) is 17.3 Å². The summed E-state index contributed by atoms with van der Waals surface area (Å²) in [6.45, 7) is 2.24. The SMILES string of the molecule is C=CCN(CC(F)(F)F)C(=O)c1cccc(OCc2cccs2)c1. The Balaban J connectivity index is 2.09. The highest BCUT2D eigenvalue weighted by atomic mass is 32.1. The first-order valence-electron chi connectivity index (χ1n) is 7.11. The maximum absolute atomic E-state index is 12.6. The molecule has 24 heavy (non-hydrogen) atoms. The standard InChI is InChI=1S/C17H16F3NO2S/c1-2-8-21(12-17(18,19)20)16(22)13-5-3-6-14(10-13)23-11-15-7-4-9-24-15/h2-7,9-10H,1,8,11-12H2. The molecule has 0 saturated carbocycles. The van der Waals surface area contributed by atoms with E-state index >= 15 is 0 Å². The van der Waals surface area contributed by atoms with E-state index in [1.54, 1.807) is 12.1 Å². The van der Waals surface area contributed by atoms with Crippen LogP contribution in [0.4, 0.5) is 13.2 Å². The highest BCUT2D eigenvalue weighted by molar-refractivity contribution is 7.09. The van der Waals surface area contributed by atoms with E-state index in [9.17, 15) is 18.0 Å². The highest BCUT2D eigenvalue weighted by Crippen LogP contribution is 2.21. The Morgan fingerprint density at radius 1 is 1.29 bits per heavy atom. The van der Waals surface area contributed by atoms with Crippen LogP contribution >= 0.6 is 11.3 Å². The molecule has 2 rings (SSSR count). The molecule has 0 aliphatic rings. The van der Waals surface area contributed by atoms with Crippen molar-refractivity contribution in [2.75, 3.05) is 13.1 Å². The first kappa shape index (κ1) is 18.1. The summed E-state index contributed by atoms with van der Waals surface area (Å²) in [5.74, 6) is -0.284. The lowest BCUT2D eigenvalue weighted by Gasteiger charge is -2.22. The Morgan fingerprint density at radius 2 is 2.08 bits per heavy atom. The molecule has 0 unspecified atom stereocenters. The zero-order chi connectivity index (χ0) is 17.6. The summed E-state index contributed by atoms with van der Waals surface area (Å²) in [6, 6.07) is 9.96. The van der Waals surface area contributed by atoms with Crippen LogP contribution in [-0.2, 0) is 6.61 Å². The number of amides is 1. The van der Waals surface area contributed by atoms with Crippen LogP contribution < -0.4 is 4.74 Å². The van der Waals surface area contributed by atoms with Crippen molar-refractivity contribution in [3.05, 3.63) is 64.9 Å². The summed E-state index contributed by atoms with van der Waals surface area (Å²) in [6.07, 6.45) is -3.20. The molecule has 3 nitrogen and oxygen atoms in total. The minimum Gasteiger partial charge on any atom is -0.488 e. The summed E-state index contributed by atoms with van der Waals surface area (Å²) < 4.78 is 43.4. The summed E-state index contributed by atoms with van der Waals surface area (Å²) in [5.41, 5.74) is 0.143. The van der Waals surface area contributed by atoms with E-state index in [4.69, 9.17) is 4.74 Å². The fourth-order valence-electron chi connectivity index (χ4n) is 2.04. The van der Waals surface area contributed by atoms with Gasteiger partial charge in [-0.05, 0) is 29.6 Å². The number of halogens is 3. The molecule has 0 N–H and O–H groups in total. The number of rotatable bonds is 7. The predicted octanol–water partition coefficient (Wildman–Crippen LogP) is 4.52. The van der Waals surface area contributed by atoms with Gasteiger partial charge in [-0.2, -0.15) is 13.2 Å². The van der Waals surface area contributed by atoms with Crippen LogP contribution in [0.5, 0.6) is 5.75 Å². The van der Waals surface area contributed by atoms with Gasteiger partial charge < -0.3 is 9.64 Å². The van der Waals surface area contributed by atoms with Crippen molar-refractivity contribution in [1.82, 2.24) is 4.90 Å². The van der Waals surface area contributed by atoms with E-state index in [1.165, 1.54) is 29.5 Å². The Kier molecular flexibility index (Phi) is 6.03. The molecule has 0 bridgehead atoms. The number of benzene rings is 1. The van der Waals surface area contributed by atoms with Gasteiger partial charge in [0.2, 0.25) is 0 Å². The molecule has 0 saturated heterocycles. The maximum atomic E-state index is 12.6. The van der Waals surface area contributed by atoms with E-state index in [-0.39, 0.29) is 12.1 Å². The number of carbonyl (C=O) groups excluding carboxylic acids is 1. The largest absolute Gasteiger partial charge is 0.488 e. The molecule has 7 heteroatoms. The zero-order valence-electron chi connectivity index (χ0n) is 12.8. The van der Waals surface area contributed by atoms with E-state index in [1.807, 2.05) is 17.5 Å². The van der Waals surface area contributed by atoms with Crippen LogP contribution in [0.15, 0.2) is 54.4 Å². The summed E-state index contributed by atoms with van der Waals surface area (Å²) >= 11 is 1.53. The smallest absolute Gasteiger partial charge is 0.406 e. The molecule has 1 amide bonds. The van der Waals surface area contributed by atoms with Gasteiger partial charge in [-0.15, -0.1) is 17.9 Å². The van der Waals surface area contributed by atoms with Crippen molar-refractivity contribution in [3.8, 4) is 5.75 Å². The lowest BCUT2D eigenvalue weighted by atomic mass is 10.2. The Hall–Kier alpha value is -2.28. The maximum Gasteiger partial charge on any atom is 0.406 e. The van der Waals surface area contributed by atoms with Crippen LogP contribution in [-0.4, -0.2) is 30.1 Å². The van der Waals surface area contributed by atoms with Gasteiger partial charge in [-0.25, -0.2) is 0 Å². The average molecular weight is 355 g/mol. The van der Waals surface area contributed by atoms with Gasteiger partial charge in [-0.1, -0.05) is 18.2 Å². The van der Waals surface area contributed by atoms with E-state index < -0.39 is 18.6 Å². The molecule has 0 aliphatic carbocycles. The van der Waals surface area contributed by atoms with Gasteiger partial charge in [0.15, 0.2) is 0 Å². The Bertz CT molecular complexity index is 683. The minimum atomic E-state index is -4.47. The van der Waals surface area contributed by atoms with Crippen LogP contribution in [0.3, 0.4) is 0 Å². The number of ether oxygens (including phenoxy) is 1. The topological polar surface area (TPSA) is 29.5 Å². The summed E-state index contributed by atoms with van der Waals surface area (Å²) in [4.78, 5) is 14.0. The molecule has 128 valence electrons. The molecular formula is C17H16F3NO2S. The quantitative estimate of drug-likeness (QED) is 0.684. The third-order valence-electron chi connectivity index (χ3n) is 3.05. The van der Waals surface area contributed by atoms with Crippen LogP contribution in [0.1, 0.15) is 15.2 Å². The lowest BCUT2D eigenvalue weighted by molar-refractivity contribution is -0.139. The highest BCUT2D eigenvalue weighted by Gasteiger charge is 2.32. The average Bonchev–Trinajstić information content (AvgIpc) is 3.04. The molecule has 1 heterocycles. The third kappa shape index (κ3) is 5.42. The second kappa shape index (κ2) is 8.01. The molecule has 0 aliphatic heterocycles. The van der Waals surface area contributed by atoms with Crippen molar-refractivity contribution in [2.45, 2.75) is 12.8 Å². The number of hydrogen-bond donors (Lipinski definition) is 0. The van der Waals surface area contributed by atoms with Gasteiger partial charge in [0.05, 0.1) is 0 Å². The first-order valence-corrected chi connectivity index (χ1v) is 7.99. The molecular weight excluding hydrogens is 339 g/mol. The Morgan fingerprint density at radius 3 is 2.71 bits per heavy atom. The molecule has 0 fully saturated rings. The van der Waals surface area contributed by atoms with Crippen molar-refractivity contribution < 1.29 is 22.7 Å². The van der Waals surface area contributed by atoms with Crippen molar-refractivity contribution >= 4 is 17.2 Å². The van der Waals surface area contributed by atoms with Crippen LogP contribution in [0.2, 0.25) is 0 Å². The molecule has 1 aromatic heterocycles. The van der Waals surface area contributed by atoms with Crippen molar-refractivity contribution in [1.29, 1.82) is 0 Å². The monoisotopic (exact) mass is 355 g/mol. The van der Waals surface area contributed by atoms with Crippen molar-refractivity contribution in [2.24, 2.45) is 0 Å². The van der Waals surface area contributed by atoms with Gasteiger partial charge >= 0.3 is 6.18 Å². The number of thiophene rings is 1. The zero-order valence-corrected chi connectivity index (χ0v) is 13.6. The first-order chi connectivity index (χ1) is 11.4. The Labute approximate surface area is 142 Å². The normalized spacial score (nSPS) is 11.1. The third-order valence-corrected chi connectivity index (χ3v) is 3.90. The molecule has 0 atom stereocenters. The van der Waals surface area contributed by atoms with Gasteiger partial charge in [0.1, 0.15) is 18.9 Å². The van der Waals surface area contributed by atoms with E-state index in [2.05, 4.69) is 6.58 Å². The fraction of sp³-hybridized carbons (Fsp3) is 0.235. The molecule has 2 aromatic rings. The predicted molar refractivity (Wildman–Crippen MR) is 87.2 cm³/mol. The molecule has 0 spiro atoms. The number of nitrogens with zero attached hydrogens (tertiary/aromatic N) is 1. The second-order valence-electron chi connectivity index (χ2n) is 4.99. The van der Waals surface area contributed by atoms with Gasteiger partial charge in [0.25, 0.3) is 5.91 Å². The van der Waals surface area contributed by atoms with E-state index in [0.717, 1.165) is 4.88 Å². The fourth-order valence-corrected chi connectivity index (χ4v) is 2.66. The molecule has 1 aromatic carbocycles. The number of carbonyl (C=O) groups is 1. The minimum absolute atomic E-state index is 0.143. The van der Waals surface area contributed by atoms with Crippen LogP contribution in [0, 0.1) is 0 Å². The van der Waals surface area contributed by atoms with Crippen LogP contribution in [0.25, 0.3) is 0 Å². The summed E-state index contributed by atoms with van der Waals surface area (Å²) in [7, 11) is 0. The van der Waals surface area contributed by atoms with Gasteiger partial charge in [-0.3, -0.25) is 4.79 Å².